The summed E-state index contributed by atoms with van der Waals surface area (Å²) in [5.41, 5.74) is 0.539. The third kappa shape index (κ3) is 1.74. The fraction of sp³-hybridized carbons (Fsp3) is 0.333. The Kier molecular flexibility index (Phi) is 2.45. The van der Waals surface area contributed by atoms with Gasteiger partial charge in [-0.2, -0.15) is 0 Å². The third-order valence-electron chi connectivity index (χ3n) is 3.56. The Hall–Kier alpha value is -1.55. The van der Waals surface area contributed by atoms with E-state index < -0.39 is 15.2 Å². The third-order valence-corrected chi connectivity index (χ3v) is 5.96. The number of anilines is 1. The van der Waals surface area contributed by atoms with Gasteiger partial charge in [0.15, 0.2) is 9.84 Å². The van der Waals surface area contributed by atoms with Crippen LogP contribution in [0, 0.1) is 5.41 Å². The van der Waals surface area contributed by atoms with Crippen LogP contribution in [0.4, 0.5) is 5.69 Å². The summed E-state index contributed by atoms with van der Waals surface area (Å²) >= 11 is 0. The second kappa shape index (κ2) is 3.73. The van der Waals surface area contributed by atoms with Crippen LogP contribution in [0.1, 0.15) is 20.8 Å². The summed E-state index contributed by atoms with van der Waals surface area (Å²) in [5, 5.41) is 4.37. The first-order chi connectivity index (χ1) is 8.82. The quantitative estimate of drug-likeness (QED) is 0.801. The molecule has 1 N–H and O–H groups in total. The molecule has 0 saturated heterocycles. The Morgan fingerprint density at radius 2 is 1.68 bits per heavy atom. The van der Waals surface area contributed by atoms with Crippen LogP contribution in [0.15, 0.2) is 41.3 Å². The summed E-state index contributed by atoms with van der Waals surface area (Å²) in [7, 11) is -3.36. The van der Waals surface area contributed by atoms with E-state index in [4.69, 9.17) is 0 Å². The molecule has 100 valence electrons. The van der Waals surface area contributed by atoms with E-state index in [0.29, 0.717) is 4.90 Å². The summed E-state index contributed by atoms with van der Waals surface area (Å²) in [6.45, 7) is 5.82. The molecule has 3 nitrogen and oxygen atoms in total. The van der Waals surface area contributed by atoms with Gasteiger partial charge in [-0.1, -0.05) is 45.0 Å². The van der Waals surface area contributed by atoms with Crippen LogP contribution in [0.3, 0.4) is 0 Å². The topological polar surface area (TPSA) is 46.2 Å². The molecule has 1 aliphatic heterocycles. The SMILES string of the molecule is CC(C)(C)C1Nc2cccc3cccc(c23)S1(=O)=O. The minimum absolute atomic E-state index is 0.367. The van der Waals surface area contributed by atoms with Crippen molar-refractivity contribution in [3.63, 3.8) is 0 Å². The van der Waals surface area contributed by atoms with Crippen LogP contribution in [0.25, 0.3) is 10.8 Å². The molecule has 1 atom stereocenters. The minimum Gasteiger partial charge on any atom is -0.368 e. The molecule has 1 aliphatic rings. The Bertz CT molecular complexity index is 752. The fourth-order valence-electron chi connectivity index (χ4n) is 2.69. The van der Waals surface area contributed by atoms with Gasteiger partial charge >= 0.3 is 0 Å². The number of hydrogen-bond acceptors (Lipinski definition) is 3. The maximum Gasteiger partial charge on any atom is 0.200 e. The van der Waals surface area contributed by atoms with E-state index in [9.17, 15) is 8.42 Å². The molecule has 0 amide bonds. The molecule has 0 saturated carbocycles. The van der Waals surface area contributed by atoms with Crippen molar-refractivity contribution < 1.29 is 8.42 Å². The zero-order chi connectivity index (χ0) is 13.8. The molecule has 0 aromatic heterocycles. The van der Waals surface area contributed by atoms with Gasteiger partial charge in [-0.05, 0) is 22.9 Å². The Morgan fingerprint density at radius 3 is 2.32 bits per heavy atom. The van der Waals surface area contributed by atoms with Gasteiger partial charge < -0.3 is 5.32 Å². The first kappa shape index (κ1) is 12.5. The predicted molar refractivity (Wildman–Crippen MR) is 78.0 cm³/mol. The lowest BCUT2D eigenvalue weighted by atomic mass is 9.95. The van der Waals surface area contributed by atoms with Crippen molar-refractivity contribution in [2.45, 2.75) is 31.0 Å². The van der Waals surface area contributed by atoms with E-state index in [0.717, 1.165) is 16.5 Å². The maximum atomic E-state index is 12.8. The molecular weight excluding hydrogens is 258 g/mol. The lowest BCUT2D eigenvalue weighted by Gasteiger charge is -2.35. The van der Waals surface area contributed by atoms with E-state index in [2.05, 4.69) is 5.32 Å². The van der Waals surface area contributed by atoms with Gasteiger partial charge in [-0.3, -0.25) is 0 Å². The highest BCUT2D eigenvalue weighted by molar-refractivity contribution is 7.92. The molecule has 0 fully saturated rings. The summed E-state index contributed by atoms with van der Waals surface area (Å²) < 4.78 is 25.5. The van der Waals surface area contributed by atoms with Crippen LogP contribution >= 0.6 is 0 Å². The van der Waals surface area contributed by atoms with Crippen molar-refractivity contribution in [1.29, 1.82) is 0 Å². The standard InChI is InChI=1S/C15H17NO2S/c1-15(2,3)14-16-11-8-4-6-10-7-5-9-12(13(10)11)19(14,17)18/h4-9,14,16H,1-3H3. The monoisotopic (exact) mass is 275 g/mol. The van der Waals surface area contributed by atoms with Crippen LogP contribution in [-0.2, 0) is 9.84 Å². The first-order valence-electron chi connectivity index (χ1n) is 6.34. The average Bonchev–Trinajstić information content (AvgIpc) is 2.32. The number of nitrogens with one attached hydrogen (secondary N) is 1. The van der Waals surface area contributed by atoms with Gasteiger partial charge in [-0.25, -0.2) is 8.42 Å². The minimum atomic E-state index is -3.36. The highest BCUT2D eigenvalue weighted by atomic mass is 32.2. The van der Waals surface area contributed by atoms with Crippen molar-refractivity contribution in [3.05, 3.63) is 36.4 Å². The van der Waals surface area contributed by atoms with E-state index in [1.165, 1.54) is 0 Å². The number of sulfone groups is 1. The summed E-state index contributed by atoms with van der Waals surface area (Å²) in [6.07, 6.45) is 0. The molecule has 2 aromatic rings. The lowest BCUT2D eigenvalue weighted by molar-refractivity contribution is 0.398. The first-order valence-corrected chi connectivity index (χ1v) is 7.88. The second-order valence-corrected chi connectivity index (χ2v) is 8.10. The van der Waals surface area contributed by atoms with E-state index in [1.807, 2.05) is 51.1 Å². The van der Waals surface area contributed by atoms with Crippen molar-refractivity contribution in [1.82, 2.24) is 0 Å². The highest BCUT2D eigenvalue weighted by Crippen LogP contribution is 2.41. The van der Waals surface area contributed by atoms with Gasteiger partial charge in [0.1, 0.15) is 5.37 Å². The molecule has 19 heavy (non-hydrogen) atoms. The molecule has 0 radical (unpaired) electrons. The largest absolute Gasteiger partial charge is 0.368 e. The zero-order valence-corrected chi connectivity index (χ0v) is 12.1. The average molecular weight is 275 g/mol. The van der Waals surface area contributed by atoms with Crippen molar-refractivity contribution in [3.8, 4) is 0 Å². The summed E-state index contributed by atoms with van der Waals surface area (Å²) in [5.74, 6) is 0. The Balaban J connectivity index is 2.39. The zero-order valence-electron chi connectivity index (χ0n) is 11.3. The second-order valence-electron chi connectivity index (χ2n) is 6.10. The van der Waals surface area contributed by atoms with Gasteiger partial charge in [-0.15, -0.1) is 0 Å². The lowest BCUT2D eigenvalue weighted by Crippen LogP contribution is -2.43. The summed E-state index contributed by atoms with van der Waals surface area (Å²) in [6, 6.07) is 11.3. The Labute approximate surface area is 113 Å². The maximum absolute atomic E-state index is 12.8. The number of benzene rings is 2. The van der Waals surface area contributed by atoms with Gasteiger partial charge in [0.2, 0.25) is 0 Å². The summed E-state index contributed by atoms with van der Waals surface area (Å²) in [4.78, 5) is 0.444. The van der Waals surface area contributed by atoms with E-state index in [1.54, 1.807) is 6.07 Å². The van der Waals surface area contributed by atoms with E-state index >= 15 is 0 Å². The molecule has 0 aliphatic carbocycles. The molecule has 1 unspecified atom stereocenters. The Morgan fingerprint density at radius 1 is 1.05 bits per heavy atom. The predicted octanol–water partition coefficient (Wildman–Crippen LogP) is 3.41. The van der Waals surface area contributed by atoms with Crippen molar-refractivity contribution >= 4 is 26.3 Å². The molecule has 0 bridgehead atoms. The fourth-order valence-corrected chi connectivity index (χ4v) is 4.94. The smallest absolute Gasteiger partial charge is 0.200 e. The van der Waals surface area contributed by atoms with Crippen molar-refractivity contribution in [2.75, 3.05) is 5.32 Å². The van der Waals surface area contributed by atoms with Crippen LogP contribution in [0.5, 0.6) is 0 Å². The van der Waals surface area contributed by atoms with Crippen molar-refractivity contribution in [2.24, 2.45) is 5.41 Å². The number of hydrogen-bond donors (Lipinski definition) is 1. The highest BCUT2D eigenvalue weighted by Gasteiger charge is 2.41. The van der Waals surface area contributed by atoms with E-state index in [-0.39, 0.29) is 5.41 Å². The molecule has 0 spiro atoms. The molecular formula is C15H17NO2S. The number of rotatable bonds is 0. The molecule has 2 aromatic carbocycles. The van der Waals surface area contributed by atoms with Gasteiger partial charge in [0.25, 0.3) is 0 Å². The van der Waals surface area contributed by atoms with Gasteiger partial charge in [0.05, 0.1) is 4.90 Å². The van der Waals surface area contributed by atoms with Crippen LogP contribution in [0.2, 0.25) is 0 Å². The molecule has 1 heterocycles. The molecule has 3 rings (SSSR count). The van der Waals surface area contributed by atoms with Gasteiger partial charge in [0, 0.05) is 11.1 Å². The van der Waals surface area contributed by atoms with Crippen LogP contribution < -0.4 is 5.32 Å². The molecule has 4 heteroatoms. The van der Waals surface area contributed by atoms with Crippen LogP contribution in [-0.4, -0.2) is 13.8 Å². The normalized spacial score (nSPS) is 21.1.